The van der Waals surface area contributed by atoms with Gasteiger partial charge in [-0.1, -0.05) is 0 Å². The molecule has 1 aliphatic heterocycles. The molecule has 3 aromatic rings. The number of nitrogens with zero attached hydrogens (tertiary/aromatic N) is 3. The van der Waals surface area contributed by atoms with E-state index in [-0.39, 0.29) is 11.8 Å². The fourth-order valence-electron chi connectivity index (χ4n) is 3.39. The molecule has 4 heterocycles. The van der Waals surface area contributed by atoms with E-state index >= 15 is 0 Å². The molecule has 0 fully saturated rings. The van der Waals surface area contributed by atoms with Crippen LogP contribution in [0.3, 0.4) is 0 Å². The molecule has 0 saturated heterocycles. The van der Waals surface area contributed by atoms with Crippen molar-refractivity contribution < 1.29 is 9.21 Å². The first-order valence-corrected chi connectivity index (χ1v) is 9.59. The average Bonchev–Trinajstić information content (AvgIpc) is 3.35. The molecule has 0 bridgehead atoms. The summed E-state index contributed by atoms with van der Waals surface area (Å²) in [4.78, 5) is 17.3. The van der Waals surface area contributed by atoms with Crippen LogP contribution in [0.5, 0.6) is 0 Å². The highest BCUT2D eigenvalue weighted by atomic mass is 32.1. The molecule has 1 aliphatic rings. The summed E-state index contributed by atoms with van der Waals surface area (Å²) in [5, 5.41) is 7.45. The Hall–Kier alpha value is -2.38. The highest BCUT2D eigenvalue weighted by Crippen LogP contribution is 2.22. The number of aryl methyl sites for hydroxylation is 1. The van der Waals surface area contributed by atoms with Gasteiger partial charge in [0, 0.05) is 54.6 Å². The normalized spacial score (nSPS) is 17.7. The maximum Gasteiger partial charge on any atom is 0.286 e. The predicted octanol–water partition coefficient (Wildman–Crippen LogP) is 2.91. The molecule has 0 aliphatic carbocycles. The smallest absolute Gasteiger partial charge is 0.286 e. The molecule has 0 saturated carbocycles. The van der Waals surface area contributed by atoms with Gasteiger partial charge in [0.25, 0.3) is 5.91 Å². The van der Waals surface area contributed by atoms with Crippen molar-refractivity contribution in [1.29, 1.82) is 0 Å². The fourth-order valence-corrected chi connectivity index (χ4v) is 4.32. The number of furan rings is 1. The number of fused-ring (bicyclic) bond motifs is 1. The predicted molar refractivity (Wildman–Crippen MR) is 99.9 cm³/mol. The minimum atomic E-state index is -0.166. The van der Waals surface area contributed by atoms with E-state index in [0.29, 0.717) is 12.3 Å². The molecular formula is C19H22N4O2S. The topological polar surface area (TPSA) is 63.3 Å². The van der Waals surface area contributed by atoms with Crippen LogP contribution < -0.4 is 5.32 Å². The van der Waals surface area contributed by atoms with Crippen molar-refractivity contribution in [3.63, 3.8) is 0 Å². The van der Waals surface area contributed by atoms with E-state index in [4.69, 9.17) is 4.42 Å². The molecule has 1 unspecified atom stereocenters. The monoisotopic (exact) mass is 370 g/mol. The number of rotatable bonds is 5. The first-order valence-electron chi connectivity index (χ1n) is 8.77. The van der Waals surface area contributed by atoms with Gasteiger partial charge in [0.15, 0.2) is 5.76 Å². The minimum Gasteiger partial charge on any atom is -0.459 e. The molecule has 0 spiro atoms. The second kappa shape index (κ2) is 7.47. The van der Waals surface area contributed by atoms with Gasteiger partial charge in [0.2, 0.25) is 0 Å². The van der Waals surface area contributed by atoms with Gasteiger partial charge in [-0.2, -0.15) is 5.10 Å². The lowest BCUT2D eigenvalue weighted by atomic mass is 10.1. The number of nitrogens with one attached hydrogen (secondary N) is 1. The van der Waals surface area contributed by atoms with Crippen molar-refractivity contribution >= 4 is 17.2 Å². The number of carbonyl (C=O) groups is 1. The summed E-state index contributed by atoms with van der Waals surface area (Å²) in [5.74, 6) is 0.473. The van der Waals surface area contributed by atoms with Crippen molar-refractivity contribution in [3.05, 3.63) is 64.0 Å². The summed E-state index contributed by atoms with van der Waals surface area (Å²) in [5.41, 5.74) is 1.22. The molecule has 6 nitrogen and oxygen atoms in total. The Morgan fingerprint density at radius 3 is 3.04 bits per heavy atom. The minimum absolute atomic E-state index is 0.166. The van der Waals surface area contributed by atoms with Crippen LogP contribution in [0.2, 0.25) is 0 Å². The molecule has 0 aromatic carbocycles. The highest BCUT2D eigenvalue weighted by molar-refractivity contribution is 7.11. The number of hydrogen-bond acceptors (Lipinski definition) is 5. The van der Waals surface area contributed by atoms with Gasteiger partial charge in [-0.15, -0.1) is 11.3 Å². The van der Waals surface area contributed by atoms with Crippen LogP contribution in [-0.2, 0) is 19.6 Å². The first kappa shape index (κ1) is 17.1. The van der Waals surface area contributed by atoms with Gasteiger partial charge in [-0.3, -0.25) is 14.4 Å². The summed E-state index contributed by atoms with van der Waals surface area (Å²) >= 11 is 1.84. The Morgan fingerprint density at radius 2 is 2.27 bits per heavy atom. The fraction of sp³-hybridized carbons (Fsp3) is 0.368. The van der Waals surface area contributed by atoms with Crippen molar-refractivity contribution in [2.24, 2.45) is 5.92 Å². The van der Waals surface area contributed by atoms with Gasteiger partial charge < -0.3 is 9.73 Å². The Morgan fingerprint density at radius 1 is 1.35 bits per heavy atom. The second-order valence-electron chi connectivity index (χ2n) is 6.74. The van der Waals surface area contributed by atoms with Crippen LogP contribution in [0, 0.1) is 12.8 Å². The molecule has 26 heavy (non-hydrogen) atoms. The maximum absolute atomic E-state index is 12.2. The third kappa shape index (κ3) is 3.89. The Bertz CT molecular complexity index is 868. The summed E-state index contributed by atoms with van der Waals surface area (Å²) in [7, 11) is 0. The number of aromatic nitrogens is 2. The van der Waals surface area contributed by atoms with Gasteiger partial charge in [-0.25, -0.2) is 0 Å². The van der Waals surface area contributed by atoms with Crippen molar-refractivity contribution in [1.82, 2.24) is 20.0 Å². The van der Waals surface area contributed by atoms with Gasteiger partial charge >= 0.3 is 0 Å². The van der Waals surface area contributed by atoms with E-state index in [0.717, 1.165) is 26.2 Å². The summed E-state index contributed by atoms with van der Waals surface area (Å²) in [6.45, 7) is 6.25. The van der Waals surface area contributed by atoms with Gasteiger partial charge in [-0.05, 0) is 37.3 Å². The van der Waals surface area contributed by atoms with Crippen LogP contribution >= 0.6 is 11.3 Å². The average molecular weight is 370 g/mol. The summed E-state index contributed by atoms with van der Waals surface area (Å²) < 4.78 is 7.23. The lowest BCUT2D eigenvalue weighted by Gasteiger charge is -2.23. The van der Waals surface area contributed by atoms with Gasteiger partial charge in [0.05, 0.1) is 12.0 Å². The van der Waals surface area contributed by atoms with Crippen molar-refractivity contribution in [2.45, 2.75) is 26.6 Å². The Kier molecular flexibility index (Phi) is 4.90. The Labute approximate surface area is 156 Å². The quantitative estimate of drug-likeness (QED) is 0.750. The van der Waals surface area contributed by atoms with E-state index in [1.54, 1.807) is 12.1 Å². The van der Waals surface area contributed by atoms with E-state index in [9.17, 15) is 4.79 Å². The number of carbonyl (C=O) groups excluding carboxylic acids is 1. The van der Waals surface area contributed by atoms with E-state index in [1.807, 2.05) is 17.5 Å². The van der Waals surface area contributed by atoms with Crippen LogP contribution in [0.15, 0.2) is 47.2 Å². The largest absolute Gasteiger partial charge is 0.459 e. The van der Waals surface area contributed by atoms with E-state index in [2.05, 4.69) is 45.1 Å². The second-order valence-corrected chi connectivity index (χ2v) is 8.11. The lowest BCUT2D eigenvalue weighted by molar-refractivity contribution is 0.0912. The molecule has 7 heteroatoms. The maximum atomic E-state index is 12.2. The zero-order chi connectivity index (χ0) is 17.9. The standard InChI is InChI=1S/C19H22N4O2S/c1-14-4-5-17(26-14)13-22-10-15(11-23-16(12-22)6-7-21-23)9-20-19(24)18-3-2-8-25-18/h2-8,15H,9-13H2,1H3,(H,20,24). The molecule has 3 aromatic heterocycles. The Balaban J connectivity index is 1.44. The first-order chi connectivity index (χ1) is 12.7. The van der Waals surface area contributed by atoms with E-state index in [1.165, 1.54) is 21.7 Å². The van der Waals surface area contributed by atoms with Crippen LogP contribution in [0.1, 0.15) is 26.0 Å². The van der Waals surface area contributed by atoms with E-state index < -0.39 is 0 Å². The SMILES string of the molecule is Cc1ccc(CN2Cc3ccnn3CC(CNC(=O)c3ccco3)C2)s1. The number of amides is 1. The van der Waals surface area contributed by atoms with Crippen molar-refractivity contribution in [3.8, 4) is 0 Å². The third-order valence-electron chi connectivity index (χ3n) is 4.61. The summed E-state index contributed by atoms with van der Waals surface area (Å²) in [6.07, 6.45) is 3.37. The molecular weight excluding hydrogens is 348 g/mol. The molecule has 1 N–H and O–H groups in total. The molecule has 0 radical (unpaired) electrons. The molecule has 136 valence electrons. The number of hydrogen-bond donors (Lipinski definition) is 1. The van der Waals surface area contributed by atoms with Crippen molar-refractivity contribution in [2.75, 3.05) is 13.1 Å². The molecule has 1 amide bonds. The third-order valence-corrected chi connectivity index (χ3v) is 5.59. The van der Waals surface area contributed by atoms with Crippen LogP contribution in [0.4, 0.5) is 0 Å². The molecule has 4 rings (SSSR count). The zero-order valence-corrected chi connectivity index (χ0v) is 15.5. The lowest BCUT2D eigenvalue weighted by Crippen LogP contribution is -2.36. The highest BCUT2D eigenvalue weighted by Gasteiger charge is 2.23. The van der Waals surface area contributed by atoms with Gasteiger partial charge in [0.1, 0.15) is 0 Å². The summed E-state index contributed by atoms with van der Waals surface area (Å²) in [6, 6.07) is 9.86. The van der Waals surface area contributed by atoms with Crippen LogP contribution in [0.25, 0.3) is 0 Å². The number of thiophene rings is 1. The van der Waals surface area contributed by atoms with Crippen LogP contribution in [-0.4, -0.2) is 33.7 Å². The molecule has 1 atom stereocenters. The zero-order valence-electron chi connectivity index (χ0n) is 14.7.